The van der Waals surface area contributed by atoms with Crippen molar-refractivity contribution in [3.63, 3.8) is 0 Å². The van der Waals surface area contributed by atoms with Crippen molar-refractivity contribution in [3.8, 4) is 0 Å². The molecule has 3 atom stereocenters. The molecule has 5 heteroatoms. The van der Waals surface area contributed by atoms with Crippen molar-refractivity contribution in [2.45, 2.75) is 32.4 Å². The van der Waals surface area contributed by atoms with Crippen molar-refractivity contribution in [3.05, 3.63) is 35.4 Å². The van der Waals surface area contributed by atoms with Crippen LogP contribution in [0.3, 0.4) is 0 Å². The van der Waals surface area contributed by atoms with Gasteiger partial charge in [-0.15, -0.1) is 0 Å². The second-order valence-electron chi connectivity index (χ2n) is 4.50. The van der Waals surface area contributed by atoms with E-state index in [9.17, 15) is 13.0 Å². The maximum absolute atomic E-state index is 13.6. The lowest BCUT2D eigenvalue weighted by molar-refractivity contribution is 0.437. The molecular formula is C13H19F2NOS. The number of rotatable bonds is 6. The van der Waals surface area contributed by atoms with E-state index >= 15 is 0 Å². The first kappa shape index (κ1) is 15.2. The first-order valence-corrected chi connectivity index (χ1v) is 7.64. The summed E-state index contributed by atoms with van der Waals surface area (Å²) in [7, 11) is -0.828. The molecule has 0 fully saturated rings. The van der Waals surface area contributed by atoms with Crippen molar-refractivity contribution < 1.29 is 13.0 Å². The monoisotopic (exact) mass is 275 g/mol. The second kappa shape index (κ2) is 6.95. The summed E-state index contributed by atoms with van der Waals surface area (Å²) in [4.78, 5) is 0. The van der Waals surface area contributed by atoms with Gasteiger partial charge in [0.1, 0.15) is 0 Å². The Morgan fingerprint density at radius 2 is 2.00 bits per heavy atom. The fourth-order valence-electron chi connectivity index (χ4n) is 1.80. The van der Waals surface area contributed by atoms with Gasteiger partial charge in [0.2, 0.25) is 0 Å². The summed E-state index contributed by atoms with van der Waals surface area (Å²) in [5.74, 6) is -1.03. The van der Waals surface area contributed by atoms with Crippen LogP contribution in [0.15, 0.2) is 18.2 Å². The van der Waals surface area contributed by atoms with E-state index in [1.807, 2.05) is 6.92 Å². The molecule has 0 saturated carbocycles. The highest BCUT2D eigenvalue weighted by molar-refractivity contribution is 7.84. The zero-order valence-electron chi connectivity index (χ0n) is 10.9. The Morgan fingerprint density at radius 3 is 2.61 bits per heavy atom. The molecule has 0 saturated heterocycles. The van der Waals surface area contributed by atoms with Crippen molar-refractivity contribution in [1.82, 2.24) is 5.32 Å². The highest BCUT2D eigenvalue weighted by Crippen LogP contribution is 2.19. The minimum absolute atomic E-state index is 0.103. The average molecular weight is 275 g/mol. The van der Waals surface area contributed by atoms with Crippen LogP contribution in [0.2, 0.25) is 0 Å². The van der Waals surface area contributed by atoms with Gasteiger partial charge in [0, 0.05) is 40.5 Å². The van der Waals surface area contributed by atoms with Crippen LogP contribution in [0.25, 0.3) is 0 Å². The Bertz CT molecular complexity index is 425. The maximum atomic E-state index is 13.6. The Labute approximate surface area is 109 Å². The van der Waals surface area contributed by atoms with Crippen LogP contribution in [-0.4, -0.2) is 22.3 Å². The molecule has 1 N–H and O–H groups in total. The zero-order chi connectivity index (χ0) is 13.7. The summed E-state index contributed by atoms with van der Waals surface area (Å²) in [5, 5.41) is 3.18. The molecule has 0 spiro atoms. The van der Waals surface area contributed by atoms with Crippen LogP contribution in [0, 0.1) is 11.6 Å². The Balaban J connectivity index is 2.62. The second-order valence-corrected chi connectivity index (χ2v) is 6.05. The predicted molar refractivity (Wildman–Crippen MR) is 70.9 cm³/mol. The lowest BCUT2D eigenvalue weighted by atomic mass is 10.1. The minimum atomic E-state index is -0.830. The summed E-state index contributed by atoms with van der Waals surface area (Å²) in [6.45, 7) is 3.73. The van der Waals surface area contributed by atoms with Gasteiger partial charge >= 0.3 is 0 Å². The molecule has 3 unspecified atom stereocenters. The Kier molecular flexibility index (Phi) is 5.88. The van der Waals surface area contributed by atoms with Gasteiger partial charge in [-0.3, -0.25) is 4.21 Å². The number of hydrogen-bond acceptors (Lipinski definition) is 2. The SMILES string of the molecule is CC(CCS(C)=O)NC(C)c1cccc(F)c1F. The number of halogens is 2. The molecule has 1 aromatic carbocycles. The molecule has 1 rings (SSSR count). The van der Waals surface area contributed by atoms with E-state index in [2.05, 4.69) is 5.32 Å². The molecule has 0 amide bonds. The van der Waals surface area contributed by atoms with Gasteiger partial charge in [0.15, 0.2) is 11.6 Å². The number of nitrogens with one attached hydrogen (secondary N) is 1. The molecule has 0 aliphatic carbocycles. The van der Waals surface area contributed by atoms with E-state index in [4.69, 9.17) is 0 Å². The predicted octanol–water partition coefficient (Wildman–Crippen LogP) is 2.77. The fraction of sp³-hybridized carbons (Fsp3) is 0.538. The van der Waals surface area contributed by atoms with Gasteiger partial charge in [-0.05, 0) is 26.3 Å². The maximum Gasteiger partial charge on any atom is 0.163 e. The summed E-state index contributed by atoms with van der Waals surface area (Å²) in [6, 6.07) is 4.00. The van der Waals surface area contributed by atoms with Gasteiger partial charge in [-0.25, -0.2) is 8.78 Å². The van der Waals surface area contributed by atoms with Crippen LogP contribution in [-0.2, 0) is 10.8 Å². The van der Waals surface area contributed by atoms with E-state index in [1.165, 1.54) is 6.07 Å². The minimum Gasteiger partial charge on any atom is -0.308 e. The summed E-state index contributed by atoms with van der Waals surface area (Å²) in [6.07, 6.45) is 2.40. The molecule has 0 aromatic heterocycles. The van der Waals surface area contributed by atoms with Gasteiger partial charge < -0.3 is 5.32 Å². The molecule has 1 aromatic rings. The molecular weight excluding hydrogens is 256 g/mol. The molecule has 0 bridgehead atoms. The highest BCUT2D eigenvalue weighted by atomic mass is 32.2. The smallest absolute Gasteiger partial charge is 0.163 e. The molecule has 0 heterocycles. The number of hydrogen-bond donors (Lipinski definition) is 1. The Morgan fingerprint density at radius 1 is 1.33 bits per heavy atom. The summed E-state index contributed by atoms with van der Waals surface area (Å²) in [5.41, 5.74) is 0.319. The standard InChI is InChI=1S/C13H19F2NOS/c1-9(7-8-18(3)17)16-10(2)11-5-4-6-12(14)13(11)15/h4-6,9-10,16H,7-8H2,1-3H3. The normalized spacial score (nSPS) is 16.3. The van der Waals surface area contributed by atoms with Crippen LogP contribution < -0.4 is 5.32 Å². The van der Waals surface area contributed by atoms with Crippen LogP contribution in [0.5, 0.6) is 0 Å². The van der Waals surface area contributed by atoms with E-state index < -0.39 is 22.4 Å². The van der Waals surface area contributed by atoms with Crippen molar-refractivity contribution in [2.75, 3.05) is 12.0 Å². The third kappa shape index (κ3) is 4.46. The van der Waals surface area contributed by atoms with Crippen molar-refractivity contribution in [1.29, 1.82) is 0 Å². The third-order valence-corrected chi connectivity index (χ3v) is 3.63. The average Bonchev–Trinajstić information content (AvgIpc) is 2.30. The highest BCUT2D eigenvalue weighted by Gasteiger charge is 2.15. The largest absolute Gasteiger partial charge is 0.308 e. The molecule has 102 valence electrons. The van der Waals surface area contributed by atoms with Crippen LogP contribution in [0.4, 0.5) is 8.78 Å². The van der Waals surface area contributed by atoms with Gasteiger partial charge in [-0.2, -0.15) is 0 Å². The van der Waals surface area contributed by atoms with Crippen LogP contribution in [0.1, 0.15) is 31.9 Å². The lowest BCUT2D eigenvalue weighted by Crippen LogP contribution is -2.30. The number of benzene rings is 1. The molecule has 0 aliphatic heterocycles. The topological polar surface area (TPSA) is 29.1 Å². The Hall–Kier alpha value is -0.810. The first-order valence-electron chi connectivity index (χ1n) is 5.91. The summed E-state index contributed by atoms with van der Waals surface area (Å²) < 4.78 is 37.6. The van der Waals surface area contributed by atoms with Gasteiger partial charge in [0.25, 0.3) is 0 Å². The molecule has 2 nitrogen and oxygen atoms in total. The van der Waals surface area contributed by atoms with Gasteiger partial charge in [-0.1, -0.05) is 12.1 Å². The van der Waals surface area contributed by atoms with Crippen LogP contribution >= 0.6 is 0 Å². The summed E-state index contributed by atoms with van der Waals surface area (Å²) >= 11 is 0. The van der Waals surface area contributed by atoms with E-state index in [1.54, 1.807) is 19.2 Å². The van der Waals surface area contributed by atoms with Crippen molar-refractivity contribution >= 4 is 10.8 Å². The first-order chi connectivity index (χ1) is 8.41. The molecule has 0 radical (unpaired) electrons. The molecule has 0 aliphatic rings. The third-order valence-electron chi connectivity index (χ3n) is 2.82. The fourth-order valence-corrected chi connectivity index (χ4v) is 2.48. The van der Waals surface area contributed by atoms with E-state index in [-0.39, 0.29) is 12.1 Å². The molecule has 18 heavy (non-hydrogen) atoms. The zero-order valence-corrected chi connectivity index (χ0v) is 11.7. The lowest BCUT2D eigenvalue weighted by Gasteiger charge is -2.20. The van der Waals surface area contributed by atoms with E-state index in [0.717, 1.165) is 12.5 Å². The van der Waals surface area contributed by atoms with Crippen molar-refractivity contribution in [2.24, 2.45) is 0 Å². The quantitative estimate of drug-likeness (QED) is 0.865. The van der Waals surface area contributed by atoms with Gasteiger partial charge in [0.05, 0.1) is 0 Å². The van der Waals surface area contributed by atoms with E-state index in [0.29, 0.717) is 11.3 Å².